The first kappa shape index (κ1) is 11.7. The molecule has 0 amide bonds. The molecule has 0 saturated heterocycles. The predicted octanol–water partition coefficient (Wildman–Crippen LogP) is 4.77. The van der Waals surface area contributed by atoms with E-state index in [1.165, 1.54) is 0 Å². The van der Waals surface area contributed by atoms with Gasteiger partial charge in [-0.25, -0.2) is 0 Å². The molecule has 0 heterocycles. The predicted molar refractivity (Wildman–Crippen MR) is 80.4 cm³/mol. The van der Waals surface area contributed by atoms with Crippen LogP contribution in [-0.2, 0) is 0 Å². The average molecular weight is 320 g/mol. The highest BCUT2D eigenvalue weighted by Crippen LogP contribution is 2.26. The Labute approximate surface area is 117 Å². The third kappa shape index (κ3) is 1.82. The van der Waals surface area contributed by atoms with Crippen molar-refractivity contribution in [2.75, 3.05) is 0 Å². The van der Waals surface area contributed by atoms with Gasteiger partial charge in [0.05, 0.1) is 0 Å². The van der Waals surface area contributed by atoms with E-state index >= 15 is 0 Å². The van der Waals surface area contributed by atoms with Crippen LogP contribution in [0.3, 0.4) is 0 Å². The fourth-order valence-electron chi connectivity index (χ4n) is 2.10. The van der Waals surface area contributed by atoms with E-state index in [-0.39, 0.29) is 5.43 Å². The zero-order chi connectivity index (χ0) is 12.7. The summed E-state index contributed by atoms with van der Waals surface area (Å²) in [6.07, 6.45) is 0. The maximum Gasteiger partial charge on any atom is 0.194 e. The second kappa shape index (κ2) is 4.38. The lowest BCUT2D eigenvalue weighted by Crippen LogP contribution is -1.97. The van der Waals surface area contributed by atoms with Gasteiger partial charge in [0, 0.05) is 25.7 Å². The summed E-state index contributed by atoms with van der Waals surface area (Å²) in [5.74, 6) is 0. The van der Waals surface area contributed by atoms with Crippen molar-refractivity contribution in [1.29, 1.82) is 0 Å². The summed E-state index contributed by atoms with van der Waals surface area (Å²) in [6, 6.07) is 14.9. The third-order valence-corrected chi connectivity index (χ3v) is 3.86. The van der Waals surface area contributed by atoms with Gasteiger partial charge >= 0.3 is 0 Å². The average Bonchev–Trinajstić information content (AvgIpc) is 2.47. The lowest BCUT2D eigenvalue weighted by molar-refractivity contribution is 1.74. The van der Waals surface area contributed by atoms with Crippen LogP contribution < -0.4 is 5.43 Å². The molecule has 0 bridgehead atoms. The molecule has 3 aromatic rings. The van der Waals surface area contributed by atoms with E-state index in [9.17, 15) is 4.79 Å². The maximum absolute atomic E-state index is 12.5. The van der Waals surface area contributed by atoms with Crippen LogP contribution in [0.2, 0.25) is 5.02 Å². The molecule has 0 unspecified atom stereocenters. The fraction of sp³-hybridized carbons (Fsp3) is 0. The molecule has 0 aliphatic carbocycles. The van der Waals surface area contributed by atoms with Gasteiger partial charge in [-0.2, -0.15) is 0 Å². The Morgan fingerprint density at radius 1 is 0.889 bits per heavy atom. The van der Waals surface area contributed by atoms with Crippen molar-refractivity contribution in [3.05, 3.63) is 68.2 Å². The van der Waals surface area contributed by atoms with Gasteiger partial charge in [-0.05, 0) is 29.7 Å². The number of hydrogen-bond acceptors (Lipinski definition) is 1. The van der Waals surface area contributed by atoms with Crippen LogP contribution in [0.4, 0.5) is 0 Å². The van der Waals surface area contributed by atoms with E-state index in [4.69, 9.17) is 11.6 Å². The highest BCUT2D eigenvalue weighted by molar-refractivity contribution is 9.10. The van der Waals surface area contributed by atoms with Gasteiger partial charge in [-0.15, -0.1) is 0 Å². The Hall–Kier alpha value is -1.38. The summed E-state index contributed by atoms with van der Waals surface area (Å²) in [7, 11) is 0. The molecule has 3 heteroatoms. The van der Waals surface area contributed by atoms with Crippen LogP contribution in [0.1, 0.15) is 0 Å². The van der Waals surface area contributed by atoms with Gasteiger partial charge < -0.3 is 0 Å². The SMILES string of the molecule is O=c1c2ccccc2cc(Br)c2cc(Cl)ccc12. The molecule has 0 aliphatic heterocycles. The van der Waals surface area contributed by atoms with Crippen molar-refractivity contribution in [1.82, 2.24) is 0 Å². The quantitative estimate of drug-likeness (QED) is 0.583. The molecule has 0 spiro atoms. The first-order chi connectivity index (χ1) is 8.66. The van der Waals surface area contributed by atoms with Crippen LogP contribution in [0.25, 0.3) is 21.5 Å². The number of benzene rings is 2. The van der Waals surface area contributed by atoms with Crippen molar-refractivity contribution in [3.63, 3.8) is 0 Å². The lowest BCUT2D eigenvalue weighted by Gasteiger charge is -1.95. The van der Waals surface area contributed by atoms with Crippen molar-refractivity contribution in [2.45, 2.75) is 0 Å². The van der Waals surface area contributed by atoms with E-state index in [1.54, 1.807) is 18.2 Å². The van der Waals surface area contributed by atoms with Crippen molar-refractivity contribution in [2.24, 2.45) is 0 Å². The van der Waals surface area contributed by atoms with Crippen LogP contribution in [0.5, 0.6) is 0 Å². The molecular formula is C15H8BrClO. The minimum Gasteiger partial charge on any atom is -0.289 e. The number of fused-ring (bicyclic) bond motifs is 2. The second-order valence-corrected chi connectivity index (χ2v) is 5.39. The van der Waals surface area contributed by atoms with Crippen molar-refractivity contribution < 1.29 is 0 Å². The minimum absolute atomic E-state index is 0.0305. The lowest BCUT2D eigenvalue weighted by atomic mass is 10.1. The summed E-state index contributed by atoms with van der Waals surface area (Å²) in [6.45, 7) is 0. The highest BCUT2D eigenvalue weighted by atomic mass is 79.9. The topological polar surface area (TPSA) is 17.1 Å². The fourth-order valence-corrected chi connectivity index (χ4v) is 2.85. The van der Waals surface area contributed by atoms with Crippen molar-refractivity contribution >= 4 is 49.1 Å². The van der Waals surface area contributed by atoms with Gasteiger partial charge in [-0.1, -0.05) is 51.8 Å². The first-order valence-electron chi connectivity index (χ1n) is 5.47. The molecule has 0 aromatic heterocycles. The molecule has 88 valence electrons. The summed E-state index contributed by atoms with van der Waals surface area (Å²) in [5, 5.41) is 3.77. The molecule has 0 atom stereocenters. The molecule has 0 radical (unpaired) electrons. The Bertz CT molecular complexity index is 827. The molecule has 0 aliphatic rings. The zero-order valence-electron chi connectivity index (χ0n) is 9.28. The number of hydrogen-bond donors (Lipinski definition) is 0. The van der Waals surface area contributed by atoms with E-state index in [2.05, 4.69) is 15.9 Å². The van der Waals surface area contributed by atoms with Gasteiger partial charge in [-0.3, -0.25) is 4.79 Å². The Morgan fingerprint density at radius 3 is 2.50 bits per heavy atom. The molecular weight excluding hydrogens is 312 g/mol. The summed E-state index contributed by atoms with van der Waals surface area (Å²) in [4.78, 5) is 12.5. The van der Waals surface area contributed by atoms with E-state index in [0.717, 1.165) is 20.6 Å². The Balaban J connectivity index is 2.69. The summed E-state index contributed by atoms with van der Waals surface area (Å²) >= 11 is 9.51. The Kier molecular flexibility index (Phi) is 2.84. The van der Waals surface area contributed by atoms with Crippen LogP contribution >= 0.6 is 27.5 Å². The van der Waals surface area contributed by atoms with Crippen LogP contribution in [0.15, 0.2) is 57.8 Å². The van der Waals surface area contributed by atoms with Gasteiger partial charge in [0.25, 0.3) is 0 Å². The van der Waals surface area contributed by atoms with Gasteiger partial charge in [0.15, 0.2) is 5.43 Å². The molecule has 0 saturated carbocycles. The number of rotatable bonds is 0. The highest BCUT2D eigenvalue weighted by Gasteiger charge is 2.06. The Morgan fingerprint density at radius 2 is 1.67 bits per heavy atom. The normalized spacial score (nSPS) is 11.0. The maximum atomic E-state index is 12.5. The monoisotopic (exact) mass is 318 g/mol. The van der Waals surface area contributed by atoms with Gasteiger partial charge in [0.1, 0.15) is 0 Å². The van der Waals surface area contributed by atoms with Crippen LogP contribution in [-0.4, -0.2) is 0 Å². The molecule has 3 aromatic carbocycles. The standard InChI is InChI=1S/C15H8BrClO/c16-14-7-9-3-1-2-4-11(9)15(18)12-6-5-10(17)8-13(12)14/h1-8H. The van der Waals surface area contributed by atoms with E-state index in [0.29, 0.717) is 10.4 Å². The number of halogens is 2. The minimum atomic E-state index is 0.0305. The van der Waals surface area contributed by atoms with Crippen molar-refractivity contribution in [3.8, 4) is 0 Å². The summed E-state index contributed by atoms with van der Waals surface area (Å²) < 4.78 is 0.873. The molecule has 1 nitrogen and oxygen atoms in total. The smallest absolute Gasteiger partial charge is 0.194 e. The first-order valence-corrected chi connectivity index (χ1v) is 6.65. The van der Waals surface area contributed by atoms with Crippen LogP contribution in [0, 0.1) is 0 Å². The largest absolute Gasteiger partial charge is 0.289 e. The van der Waals surface area contributed by atoms with E-state index < -0.39 is 0 Å². The molecule has 0 N–H and O–H groups in total. The van der Waals surface area contributed by atoms with Gasteiger partial charge in [0.2, 0.25) is 0 Å². The summed E-state index contributed by atoms with van der Waals surface area (Å²) in [5.41, 5.74) is 0.0305. The molecule has 18 heavy (non-hydrogen) atoms. The third-order valence-electron chi connectivity index (χ3n) is 2.97. The second-order valence-electron chi connectivity index (χ2n) is 4.10. The molecule has 0 fully saturated rings. The zero-order valence-corrected chi connectivity index (χ0v) is 11.6. The van der Waals surface area contributed by atoms with E-state index in [1.807, 2.05) is 30.3 Å². The molecule has 3 rings (SSSR count).